The van der Waals surface area contributed by atoms with Gasteiger partial charge in [0.1, 0.15) is 0 Å². The lowest BCUT2D eigenvalue weighted by Crippen LogP contribution is -1.95. The Labute approximate surface area is 40.6 Å². The Bertz CT molecular complexity index is 88.9. The van der Waals surface area contributed by atoms with E-state index in [1.54, 1.807) is 0 Å². The van der Waals surface area contributed by atoms with Gasteiger partial charge in [-0.25, -0.2) is 0 Å². The first-order valence-corrected chi connectivity index (χ1v) is 1.71. The van der Waals surface area contributed by atoms with Gasteiger partial charge in [-0.2, -0.15) is 5.10 Å². The molecule has 0 bridgehead atoms. The van der Waals surface area contributed by atoms with Crippen LogP contribution in [-0.2, 0) is 4.79 Å². The molecule has 0 aliphatic rings. The SMILES string of the molecule is NN=CCC(=O)O. The summed E-state index contributed by atoms with van der Waals surface area (Å²) in [5.41, 5.74) is 0. The molecule has 40 valence electrons. The predicted octanol–water partition coefficient (Wildman–Crippen LogP) is -0.594. The molecule has 0 saturated carbocycles. The van der Waals surface area contributed by atoms with Crippen LogP contribution in [0.1, 0.15) is 6.42 Å². The maximum absolute atomic E-state index is 9.61. The van der Waals surface area contributed by atoms with Crippen LogP contribution in [0.15, 0.2) is 5.10 Å². The molecule has 0 spiro atoms. The van der Waals surface area contributed by atoms with Gasteiger partial charge < -0.3 is 10.9 Å². The van der Waals surface area contributed by atoms with E-state index in [2.05, 4.69) is 10.9 Å². The second-order valence-corrected chi connectivity index (χ2v) is 0.930. The van der Waals surface area contributed by atoms with Gasteiger partial charge in [0.15, 0.2) is 0 Å². The van der Waals surface area contributed by atoms with E-state index in [1.807, 2.05) is 0 Å². The van der Waals surface area contributed by atoms with E-state index in [-0.39, 0.29) is 6.42 Å². The van der Waals surface area contributed by atoms with Crippen LogP contribution in [0.2, 0.25) is 0 Å². The first kappa shape index (κ1) is 5.94. The highest BCUT2D eigenvalue weighted by Crippen LogP contribution is 1.67. The molecular weight excluding hydrogens is 96.0 g/mol. The molecule has 0 unspecified atom stereocenters. The number of hydrazone groups is 1. The number of aliphatic carboxylic acids is 1. The van der Waals surface area contributed by atoms with Crippen molar-refractivity contribution in [3.05, 3.63) is 0 Å². The minimum absolute atomic E-state index is 0.101. The lowest BCUT2D eigenvalue weighted by molar-refractivity contribution is -0.135. The molecule has 0 saturated heterocycles. The lowest BCUT2D eigenvalue weighted by Gasteiger charge is -1.76. The van der Waals surface area contributed by atoms with Crippen LogP contribution < -0.4 is 5.84 Å². The van der Waals surface area contributed by atoms with E-state index in [0.717, 1.165) is 6.21 Å². The summed E-state index contributed by atoms with van der Waals surface area (Å²) in [6, 6.07) is 0. The third kappa shape index (κ3) is 4.94. The molecule has 0 aromatic rings. The molecular formula is C3H6N2O2. The molecule has 0 heterocycles. The summed E-state index contributed by atoms with van der Waals surface area (Å²) < 4.78 is 0. The van der Waals surface area contributed by atoms with Crippen LogP contribution in [0.3, 0.4) is 0 Å². The van der Waals surface area contributed by atoms with Crippen molar-refractivity contribution in [2.45, 2.75) is 6.42 Å². The van der Waals surface area contributed by atoms with Crippen LogP contribution in [0, 0.1) is 0 Å². The van der Waals surface area contributed by atoms with Gasteiger partial charge in [0.25, 0.3) is 0 Å². The molecule has 4 heteroatoms. The third-order valence-corrected chi connectivity index (χ3v) is 0.371. The third-order valence-electron chi connectivity index (χ3n) is 0.371. The molecule has 4 nitrogen and oxygen atoms in total. The summed E-state index contributed by atoms with van der Waals surface area (Å²) >= 11 is 0. The number of carbonyl (C=O) groups is 1. The number of nitrogens with two attached hydrogens (primary N) is 1. The van der Waals surface area contributed by atoms with Gasteiger partial charge in [0.05, 0.1) is 6.42 Å². The number of hydrogen-bond acceptors (Lipinski definition) is 3. The molecule has 0 aromatic carbocycles. The van der Waals surface area contributed by atoms with Crippen molar-refractivity contribution in [1.82, 2.24) is 0 Å². The highest BCUT2D eigenvalue weighted by Gasteiger charge is 1.87. The Morgan fingerprint density at radius 2 is 2.57 bits per heavy atom. The first-order chi connectivity index (χ1) is 3.27. The number of hydrogen-bond donors (Lipinski definition) is 2. The zero-order chi connectivity index (χ0) is 5.70. The zero-order valence-electron chi connectivity index (χ0n) is 3.66. The summed E-state index contributed by atoms with van der Waals surface area (Å²) in [4.78, 5) is 9.61. The topological polar surface area (TPSA) is 75.7 Å². The summed E-state index contributed by atoms with van der Waals surface area (Å²) in [6.07, 6.45) is 1.03. The number of rotatable bonds is 2. The summed E-state index contributed by atoms with van der Waals surface area (Å²) in [6.45, 7) is 0. The van der Waals surface area contributed by atoms with Crippen molar-refractivity contribution < 1.29 is 9.90 Å². The van der Waals surface area contributed by atoms with Gasteiger partial charge in [-0.15, -0.1) is 0 Å². The Morgan fingerprint density at radius 3 is 2.71 bits per heavy atom. The Hall–Kier alpha value is -1.06. The number of carboxylic acid groups (broad SMARTS) is 1. The molecule has 0 radical (unpaired) electrons. The second kappa shape index (κ2) is 3.14. The molecule has 0 aromatic heterocycles. The van der Waals surface area contributed by atoms with E-state index < -0.39 is 5.97 Å². The van der Waals surface area contributed by atoms with Gasteiger partial charge in [0.2, 0.25) is 0 Å². The Morgan fingerprint density at radius 1 is 2.00 bits per heavy atom. The normalized spacial score (nSPS) is 9.71. The largest absolute Gasteiger partial charge is 0.481 e. The number of nitrogens with zero attached hydrogens (tertiary/aromatic N) is 1. The van der Waals surface area contributed by atoms with Crippen molar-refractivity contribution in [3.63, 3.8) is 0 Å². The summed E-state index contributed by atoms with van der Waals surface area (Å²) in [7, 11) is 0. The molecule has 0 atom stereocenters. The van der Waals surface area contributed by atoms with Crippen LogP contribution >= 0.6 is 0 Å². The average Bonchev–Trinajstić information content (AvgIpc) is 1.61. The minimum Gasteiger partial charge on any atom is -0.481 e. The monoisotopic (exact) mass is 102 g/mol. The van der Waals surface area contributed by atoms with Crippen molar-refractivity contribution >= 4 is 12.2 Å². The smallest absolute Gasteiger partial charge is 0.308 e. The summed E-state index contributed by atoms with van der Waals surface area (Å²) in [5, 5.41) is 10.9. The highest BCUT2D eigenvalue weighted by molar-refractivity contribution is 5.84. The Balaban J connectivity index is 3.14. The maximum Gasteiger partial charge on any atom is 0.308 e. The van der Waals surface area contributed by atoms with Gasteiger partial charge in [-0.1, -0.05) is 0 Å². The van der Waals surface area contributed by atoms with Crippen LogP contribution in [0.4, 0.5) is 0 Å². The fourth-order valence-corrected chi connectivity index (χ4v) is 0.131. The fraction of sp³-hybridized carbons (Fsp3) is 0.333. The van der Waals surface area contributed by atoms with Crippen molar-refractivity contribution in [2.75, 3.05) is 0 Å². The summed E-state index contributed by atoms with van der Waals surface area (Å²) in [5.74, 6) is 3.66. The molecule has 3 N–H and O–H groups in total. The van der Waals surface area contributed by atoms with Gasteiger partial charge >= 0.3 is 5.97 Å². The molecule has 7 heavy (non-hydrogen) atoms. The molecule has 0 amide bonds. The predicted molar refractivity (Wildman–Crippen MR) is 24.9 cm³/mol. The van der Waals surface area contributed by atoms with E-state index in [1.165, 1.54) is 0 Å². The minimum atomic E-state index is -0.922. The Kier molecular flexibility index (Phi) is 2.67. The van der Waals surface area contributed by atoms with Crippen molar-refractivity contribution in [1.29, 1.82) is 0 Å². The zero-order valence-corrected chi connectivity index (χ0v) is 3.66. The lowest BCUT2D eigenvalue weighted by atomic mass is 10.5. The first-order valence-electron chi connectivity index (χ1n) is 1.71. The van der Waals surface area contributed by atoms with Crippen LogP contribution in [0.5, 0.6) is 0 Å². The number of carboxylic acids is 1. The van der Waals surface area contributed by atoms with Crippen LogP contribution in [0.25, 0.3) is 0 Å². The van der Waals surface area contributed by atoms with E-state index >= 15 is 0 Å². The quantitative estimate of drug-likeness (QED) is 0.278. The van der Waals surface area contributed by atoms with Gasteiger partial charge in [-0.05, 0) is 0 Å². The highest BCUT2D eigenvalue weighted by atomic mass is 16.4. The maximum atomic E-state index is 9.61. The molecule has 0 fully saturated rings. The van der Waals surface area contributed by atoms with Gasteiger partial charge in [0, 0.05) is 6.21 Å². The molecule has 0 aliphatic heterocycles. The molecule has 0 aliphatic carbocycles. The van der Waals surface area contributed by atoms with Crippen molar-refractivity contribution in [3.8, 4) is 0 Å². The average molecular weight is 102 g/mol. The van der Waals surface area contributed by atoms with E-state index in [0.29, 0.717) is 0 Å². The van der Waals surface area contributed by atoms with Crippen LogP contribution in [-0.4, -0.2) is 17.3 Å². The fourth-order valence-electron chi connectivity index (χ4n) is 0.131. The van der Waals surface area contributed by atoms with E-state index in [9.17, 15) is 4.79 Å². The van der Waals surface area contributed by atoms with Crippen molar-refractivity contribution in [2.24, 2.45) is 10.9 Å². The standard InChI is InChI=1S/C3H6N2O2/c4-5-2-1-3(6)7/h2H,1,4H2,(H,6,7). The second-order valence-electron chi connectivity index (χ2n) is 0.930. The van der Waals surface area contributed by atoms with Gasteiger partial charge in [-0.3, -0.25) is 4.79 Å². The van der Waals surface area contributed by atoms with E-state index in [4.69, 9.17) is 5.11 Å². The molecule has 0 rings (SSSR count).